The maximum absolute atomic E-state index is 13.7. The summed E-state index contributed by atoms with van der Waals surface area (Å²) in [5.74, 6) is -2.33. The van der Waals surface area contributed by atoms with Gasteiger partial charge in [-0.05, 0) is 31.3 Å². The van der Waals surface area contributed by atoms with Crippen LogP contribution in [0.25, 0.3) is 0 Å². The number of benzene rings is 1. The molecule has 9 heteroatoms. The standard InChI is InChI=1S/C17H15F3N2O3S/c1-9-7-8-11(25-9)13-12(14(23)10-5-3-2-4-6-10)16(24,17(18,19)20)22-15(26)21-13/h2-8,12-13,24H,1H3,(H2,21,22,26). The van der Waals surface area contributed by atoms with Gasteiger partial charge in [-0.3, -0.25) is 4.79 Å². The van der Waals surface area contributed by atoms with Gasteiger partial charge in [0.15, 0.2) is 10.9 Å². The molecule has 1 aliphatic heterocycles. The largest absolute Gasteiger partial charge is 0.464 e. The van der Waals surface area contributed by atoms with Crippen LogP contribution in [0, 0.1) is 12.8 Å². The minimum Gasteiger partial charge on any atom is -0.464 e. The number of hydrogen-bond acceptors (Lipinski definition) is 4. The van der Waals surface area contributed by atoms with Crippen molar-refractivity contribution in [2.75, 3.05) is 0 Å². The van der Waals surface area contributed by atoms with E-state index in [9.17, 15) is 23.1 Å². The van der Waals surface area contributed by atoms with E-state index in [2.05, 4.69) is 5.32 Å². The predicted molar refractivity (Wildman–Crippen MR) is 90.3 cm³/mol. The number of furan rings is 1. The first kappa shape index (κ1) is 18.4. The Bertz CT molecular complexity index is 837. The van der Waals surface area contributed by atoms with Crippen molar-refractivity contribution >= 4 is 23.1 Å². The van der Waals surface area contributed by atoms with E-state index in [1.807, 2.05) is 5.32 Å². The summed E-state index contributed by atoms with van der Waals surface area (Å²) in [6.07, 6.45) is -5.16. The molecule has 0 bridgehead atoms. The monoisotopic (exact) mass is 384 g/mol. The number of aryl methyl sites for hydroxylation is 1. The van der Waals surface area contributed by atoms with Crippen molar-refractivity contribution < 1.29 is 27.5 Å². The molecule has 0 amide bonds. The Labute approximate surface area is 152 Å². The minimum absolute atomic E-state index is 0.0323. The molecule has 1 fully saturated rings. The smallest absolute Gasteiger partial charge is 0.437 e. The summed E-state index contributed by atoms with van der Waals surface area (Å²) in [4.78, 5) is 12.9. The highest BCUT2D eigenvalue weighted by atomic mass is 32.1. The molecule has 0 saturated carbocycles. The van der Waals surface area contributed by atoms with Crippen LogP contribution < -0.4 is 10.6 Å². The lowest BCUT2D eigenvalue weighted by Crippen LogP contribution is -2.72. The lowest BCUT2D eigenvalue weighted by molar-refractivity contribution is -0.286. The number of ketones is 1. The maximum Gasteiger partial charge on any atom is 0.437 e. The van der Waals surface area contributed by atoms with E-state index in [1.54, 1.807) is 19.1 Å². The van der Waals surface area contributed by atoms with Crippen LogP contribution in [0.1, 0.15) is 27.9 Å². The Morgan fingerprint density at radius 2 is 1.88 bits per heavy atom. The molecular formula is C17H15F3N2O3S. The van der Waals surface area contributed by atoms with Gasteiger partial charge in [-0.1, -0.05) is 30.3 Å². The first-order valence-corrected chi connectivity index (χ1v) is 8.07. The van der Waals surface area contributed by atoms with Crippen molar-refractivity contribution in [2.24, 2.45) is 5.92 Å². The van der Waals surface area contributed by atoms with Crippen LogP contribution in [0.3, 0.4) is 0 Å². The van der Waals surface area contributed by atoms with Crippen molar-refractivity contribution in [2.45, 2.75) is 24.9 Å². The number of carbonyl (C=O) groups is 1. The molecule has 2 aromatic rings. The normalized spacial score (nSPS) is 26.1. The van der Waals surface area contributed by atoms with Crippen LogP contribution in [-0.4, -0.2) is 27.9 Å². The zero-order chi connectivity index (χ0) is 19.1. The van der Waals surface area contributed by atoms with E-state index in [-0.39, 0.29) is 11.3 Å². The summed E-state index contributed by atoms with van der Waals surface area (Å²) in [6, 6.07) is 9.17. The summed E-state index contributed by atoms with van der Waals surface area (Å²) in [5, 5.41) is 14.5. The molecule has 3 N–H and O–H groups in total. The zero-order valence-corrected chi connectivity index (χ0v) is 14.3. The molecule has 1 aromatic heterocycles. The molecule has 0 aliphatic carbocycles. The molecule has 26 heavy (non-hydrogen) atoms. The summed E-state index contributed by atoms with van der Waals surface area (Å²) in [5.41, 5.74) is -3.52. The van der Waals surface area contributed by atoms with E-state index in [1.165, 1.54) is 30.3 Å². The topological polar surface area (TPSA) is 74.5 Å². The van der Waals surface area contributed by atoms with E-state index in [0.717, 1.165) is 0 Å². The van der Waals surface area contributed by atoms with Gasteiger partial charge in [-0.25, -0.2) is 0 Å². The quantitative estimate of drug-likeness (QED) is 0.558. The lowest BCUT2D eigenvalue weighted by Gasteiger charge is -2.45. The number of nitrogens with one attached hydrogen (secondary N) is 2. The Hall–Kier alpha value is -2.39. The van der Waals surface area contributed by atoms with Gasteiger partial charge in [0.25, 0.3) is 0 Å². The highest BCUT2D eigenvalue weighted by Crippen LogP contribution is 2.44. The average molecular weight is 384 g/mol. The fourth-order valence-corrected chi connectivity index (χ4v) is 3.26. The first-order valence-electron chi connectivity index (χ1n) is 7.67. The van der Waals surface area contributed by atoms with Gasteiger partial charge in [-0.2, -0.15) is 13.2 Å². The first-order chi connectivity index (χ1) is 12.1. The summed E-state index contributed by atoms with van der Waals surface area (Å²) < 4.78 is 46.6. The van der Waals surface area contributed by atoms with Crippen LogP contribution in [0.4, 0.5) is 13.2 Å². The van der Waals surface area contributed by atoms with Gasteiger partial charge in [-0.15, -0.1) is 0 Å². The number of carbonyl (C=O) groups excluding carboxylic acids is 1. The van der Waals surface area contributed by atoms with E-state index in [0.29, 0.717) is 5.76 Å². The van der Waals surface area contributed by atoms with Gasteiger partial charge in [0.1, 0.15) is 23.5 Å². The van der Waals surface area contributed by atoms with Gasteiger partial charge in [0.2, 0.25) is 5.72 Å². The molecule has 3 atom stereocenters. The molecule has 5 nitrogen and oxygen atoms in total. The van der Waals surface area contributed by atoms with Gasteiger partial charge >= 0.3 is 6.18 Å². The van der Waals surface area contributed by atoms with Gasteiger partial charge in [0.05, 0.1) is 0 Å². The molecular weight excluding hydrogens is 369 g/mol. The highest BCUT2D eigenvalue weighted by Gasteiger charge is 2.66. The second-order valence-corrected chi connectivity index (χ2v) is 6.40. The predicted octanol–water partition coefficient (Wildman–Crippen LogP) is 2.86. The fraction of sp³-hybridized carbons (Fsp3) is 0.294. The molecule has 0 spiro atoms. The number of aliphatic hydroxyl groups is 1. The molecule has 1 aliphatic rings. The second kappa shape index (κ2) is 6.40. The van der Waals surface area contributed by atoms with Crippen molar-refractivity contribution in [1.29, 1.82) is 0 Å². The van der Waals surface area contributed by atoms with Crippen LogP contribution >= 0.6 is 12.2 Å². The van der Waals surface area contributed by atoms with Crippen LogP contribution in [-0.2, 0) is 0 Å². The van der Waals surface area contributed by atoms with Crippen molar-refractivity contribution in [3.8, 4) is 0 Å². The van der Waals surface area contributed by atoms with Crippen molar-refractivity contribution in [1.82, 2.24) is 10.6 Å². The van der Waals surface area contributed by atoms with E-state index < -0.39 is 34.8 Å². The third-order valence-electron chi connectivity index (χ3n) is 4.21. The number of halogens is 3. The van der Waals surface area contributed by atoms with E-state index >= 15 is 0 Å². The fourth-order valence-electron chi connectivity index (χ4n) is 2.98. The van der Waals surface area contributed by atoms with Crippen molar-refractivity contribution in [3.63, 3.8) is 0 Å². The number of thiocarbonyl (C=S) groups is 1. The minimum atomic E-state index is -5.16. The third-order valence-corrected chi connectivity index (χ3v) is 4.43. The summed E-state index contributed by atoms with van der Waals surface area (Å²) >= 11 is 4.83. The third kappa shape index (κ3) is 3.08. The Balaban J connectivity index is 2.15. The maximum atomic E-state index is 13.7. The number of hydrogen-bond donors (Lipinski definition) is 3. The van der Waals surface area contributed by atoms with E-state index in [4.69, 9.17) is 16.6 Å². The number of Topliss-reactive ketones (excluding diaryl/α,β-unsaturated/α-hetero) is 1. The Morgan fingerprint density at radius 3 is 2.42 bits per heavy atom. The molecule has 3 unspecified atom stereocenters. The number of rotatable bonds is 3. The molecule has 2 heterocycles. The van der Waals surface area contributed by atoms with Crippen LogP contribution in [0.15, 0.2) is 46.9 Å². The molecule has 1 aromatic carbocycles. The molecule has 1 saturated heterocycles. The summed E-state index contributed by atoms with van der Waals surface area (Å²) in [6.45, 7) is 1.62. The molecule has 0 radical (unpaired) electrons. The SMILES string of the molecule is Cc1ccc(C2NC(=S)NC(O)(C(F)(F)F)C2C(=O)c2ccccc2)o1. The molecule has 3 rings (SSSR count). The van der Waals surface area contributed by atoms with Crippen molar-refractivity contribution in [3.05, 3.63) is 59.5 Å². The number of alkyl halides is 3. The zero-order valence-electron chi connectivity index (χ0n) is 13.5. The Kier molecular flexibility index (Phi) is 4.53. The highest BCUT2D eigenvalue weighted by molar-refractivity contribution is 7.80. The van der Waals surface area contributed by atoms with Gasteiger partial charge in [0, 0.05) is 5.56 Å². The molecule has 138 valence electrons. The van der Waals surface area contributed by atoms with Crippen LogP contribution in [0.5, 0.6) is 0 Å². The van der Waals surface area contributed by atoms with Gasteiger partial charge < -0.3 is 20.2 Å². The average Bonchev–Trinajstić information content (AvgIpc) is 3.00. The Morgan fingerprint density at radius 1 is 1.23 bits per heavy atom. The summed E-state index contributed by atoms with van der Waals surface area (Å²) in [7, 11) is 0. The lowest BCUT2D eigenvalue weighted by atomic mass is 9.79. The van der Waals surface area contributed by atoms with Crippen LogP contribution in [0.2, 0.25) is 0 Å². The second-order valence-electron chi connectivity index (χ2n) is 6.00.